The summed E-state index contributed by atoms with van der Waals surface area (Å²) in [5.74, 6) is 4.08. The lowest BCUT2D eigenvalue weighted by molar-refractivity contribution is 0.0944. The van der Waals surface area contributed by atoms with Gasteiger partial charge in [0.1, 0.15) is 0 Å². The highest BCUT2D eigenvalue weighted by atomic mass is 16.1. The zero-order valence-corrected chi connectivity index (χ0v) is 13.4. The molecular formula is C20H26O. The van der Waals surface area contributed by atoms with Crippen LogP contribution in [0.15, 0.2) is 24.3 Å². The van der Waals surface area contributed by atoms with Gasteiger partial charge in [-0.15, -0.1) is 0 Å². The highest BCUT2D eigenvalue weighted by Gasteiger charge is 2.67. The van der Waals surface area contributed by atoms with Crippen molar-refractivity contribution >= 4 is 5.78 Å². The number of carbonyl (C=O) groups excluding carboxylic acids is 1. The van der Waals surface area contributed by atoms with E-state index in [1.807, 2.05) is 0 Å². The summed E-state index contributed by atoms with van der Waals surface area (Å²) in [7, 11) is 0. The van der Waals surface area contributed by atoms with Gasteiger partial charge in [0.05, 0.1) is 0 Å². The van der Waals surface area contributed by atoms with Crippen LogP contribution in [0, 0.1) is 29.6 Å². The summed E-state index contributed by atoms with van der Waals surface area (Å²) >= 11 is 0. The van der Waals surface area contributed by atoms with Gasteiger partial charge in [0.15, 0.2) is 5.78 Å². The zero-order chi connectivity index (χ0) is 14.8. The maximum atomic E-state index is 12.8. The van der Waals surface area contributed by atoms with Crippen molar-refractivity contribution in [3.8, 4) is 0 Å². The molecule has 112 valence electrons. The van der Waals surface area contributed by atoms with E-state index in [1.165, 1.54) is 24.8 Å². The van der Waals surface area contributed by atoms with E-state index in [2.05, 4.69) is 45.0 Å². The van der Waals surface area contributed by atoms with Crippen molar-refractivity contribution in [1.82, 2.24) is 0 Å². The van der Waals surface area contributed by atoms with Gasteiger partial charge in [0.25, 0.3) is 0 Å². The molecule has 1 heteroatoms. The van der Waals surface area contributed by atoms with Crippen molar-refractivity contribution in [2.45, 2.75) is 51.9 Å². The van der Waals surface area contributed by atoms with Crippen molar-refractivity contribution in [2.24, 2.45) is 29.6 Å². The van der Waals surface area contributed by atoms with Crippen LogP contribution < -0.4 is 0 Å². The van der Waals surface area contributed by atoms with Crippen LogP contribution in [0.2, 0.25) is 0 Å². The molecule has 1 nitrogen and oxygen atoms in total. The van der Waals surface area contributed by atoms with Gasteiger partial charge >= 0.3 is 0 Å². The molecule has 0 radical (unpaired) electrons. The molecule has 4 rings (SSSR count). The van der Waals surface area contributed by atoms with E-state index in [9.17, 15) is 4.79 Å². The molecule has 4 unspecified atom stereocenters. The van der Waals surface area contributed by atoms with Gasteiger partial charge in [0, 0.05) is 11.5 Å². The SMILES string of the molecule is CCC(C)(C)c1ccc(C(=O)C2C3C4CCC(C4)C23)cc1. The predicted molar refractivity (Wildman–Crippen MR) is 85.4 cm³/mol. The van der Waals surface area contributed by atoms with E-state index in [-0.39, 0.29) is 5.41 Å². The van der Waals surface area contributed by atoms with E-state index in [1.54, 1.807) is 0 Å². The van der Waals surface area contributed by atoms with Crippen LogP contribution in [-0.4, -0.2) is 5.78 Å². The van der Waals surface area contributed by atoms with Crippen LogP contribution >= 0.6 is 0 Å². The first kappa shape index (κ1) is 13.5. The van der Waals surface area contributed by atoms with Gasteiger partial charge in [-0.2, -0.15) is 0 Å². The van der Waals surface area contributed by atoms with Gasteiger partial charge in [0.2, 0.25) is 0 Å². The third-order valence-electron chi connectivity index (χ3n) is 6.87. The fourth-order valence-electron chi connectivity index (χ4n) is 5.16. The summed E-state index contributed by atoms with van der Waals surface area (Å²) < 4.78 is 0. The Morgan fingerprint density at radius 1 is 1.10 bits per heavy atom. The second-order valence-electron chi connectivity index (χ2n) is 8.19. The van der Waals surface area contributed by atoms with E-state index in [4.69, 9.17) is 0 Å². The zero-order valence-electron chi connectivity index (χ0n) is 13.4. The minimum atomic E-state index is 0.205. The highest BCUT2D eigenvalue weighted by molar-refractivity contribution is 6.00. The molecule has 0 heterocycles. The average molecular weight is 282 g/mol. The first-order valence-corrected chi connectivity index (χ1v) is 8.67. The van der Waals surface area contributed by atoms with Crippen molar-refractivity contribution in [3.63, 3.8) is 0 Å². The summed E-state index contributed by atoms with van der Waals surface area (Å²) in [6.45, 7) is 6.76. The number of Topliss-reactive ketones (excluding diaryl/α,β-unsaturated/α-hetero) is 1. The number of benzene rings is 1. The lowest BCUT2D eigenvalue weighted by atomic mass is 9.81. The van der Waals surface area contributed by atoms with Crippen LogP contribution in [0.25, 0.3) is 0 Å². The van der Waals surface area contributed by atoms with E-state index in [0.717, 1.165) is 35.7 Å². The standard InChI is InChI=1S/C20H26O/c1-4-20(2,3)15-9-7-12(8-10-15)19(21)18-16-13-5-6-14(11-13)17(16)18/h7-10,13-14,16-18H,4-6,11H2,1-3H3. The lowest BCUT2D eigenvalue weighted by Gasteiger charge is -2.23. The Bertz CT molecular complexity index is 552. The van der Waals surface area contributed by atoms with E-state index < -0.39 is 0 Å². The summed E-state index contributed by atoms with van der Waals surface area (Å²) in [5.41, 5.74) is 2.50. The Morgan fingerprint density at radius 2 is 1.67 bits per heavy atom. The van der Waals surface area contributed by atoms with Gasteiger partial charge in [-0.1, -0.05) is 45.0 Å². The Morgan fingerprint density at radius 3 is 2.19 bits per heavy atom. The first-order valence-electron chi connectivity index (χ1n) is 8.67. The van der Waals surface area contributed by atoms with E-state index in [0.29, 0.717) is 11.7 Å². The summed E-state index contributed by atoms with van der Waals surface area (Å²) in [5, 5.41) is 0. The molecule has 2 bridgehead atoms. The number of ketones is 1. The van der Waals surface area contributed by atoms with Crippen LogP contribution in [-0.2, 0) is 5.41 Å². The second-order valence-corrected chi connectivity index (χ2v) is 8.19. The van der Waals surface area contributed by atoms with Gasteiger partial charge < -0.3 is 0 Å². The molecule has 0 N–H and O–H groups in total. The lowest BCUT2D eigenvalue weighted by Crippen LogP contribution is -2.16. The molecule has 3 saturated carbocycles. The molecule has 3 fully saturated rings. The molecule has 0 aromatic heterocycles. The van der Waals surface area contributed by atoms with Crippen LogP contribution in [0.1, 0.15) is 62.4 Å². The average Bonchev–Trinajstić information content (AvgIpc) is 2.93. The molecular weight excluding hydrogens is 256 g/mol. The number of hydrogen-bond donors (Lipinski definition) is 0. The third-order valence-corrected chi connectivity index (χ3v) is 6.87. The van der Waals surface area contributed by atoms with Crippen molar-refractivity contribution < 1.29 is 4.79 Å². The van der Waals surface area contributed by atoms with Crippen molar-refractivity contribution in [3.05, 3.63) is 35.4 Å². The molecule has 0 aliphatic heterocycles. The molecule has 3 aliphatic rings. The minimum Gasteiger partial charge on any atom is -0.294 e. The van der Waals surface area contributed by atoms with Crippen LogP contribution in [0.3, 0.4) is 0 Å². The Kier molecular flexibility index (Phi) is 2.87. The molecule has 0 amide bonds. The normalized spacial score (nSPS) is 36.6. The summed E-state index contributed by atoms with van der Waals surface area (Å²) in [6.07, 6.45) is 5.32. The first-order chi connectivity index (χ1) is 10.0. The Hall–Kier alpha value is -1.11. The topological polar surface area (TPSA) is 17.1 Å². The molecule has 3 aliphatic carbocycles. The molecule has 0 saturated heterocycles. The number of rotatable bonds is 4. The second kappa shape index (κ2) is 4.44. The molecule has 4 atom stereocenters. The molecule has 21 heavy (non-hydrogen) atoms. The largest absolute Gasteiger partial charge is 0.294 e. The van der Waals surface area contributed by atoms with E-state index >= 15 is 0 Å². The van der Waals surface area contributed by atoms with Crippen LogP contribution in [0.4, 0.5) is 0 Å². The summed E-state index contributed by atoms with van der Waals surface area (Å²) in [6, 6.07) is 8.49. The third kappa shape index (κ3) is 1.93. The van der Waals surface area contributed by atoms with Crippen molar-refractivity contribution in [2.75, 3.05) is 0 Å². The monoisotopic (exact) mass is 282 g/mol. The quantitative estimate of drug-likeness (QED) is 0.722. The summed E-state index contributed by atoms with van der Waals surface area (Å²) in [4.78, 5) is 12.8. The highest BCUT2D eigenvalue weighted by Crippen LogP contribution is 2.69. The van der Waals surface area contributed by atoms with Gasteiger partial charge in [-0.05, 0) is 60.3 Å². The van der Waals surface area contributed by atoms with Crippen LogP contribution in [0.5, 0.6) is 0 Å². The smallest absolute Gasteiger partial charge is 0.166 e. The predicted octanol–water partition coefficient (Wildman–Crippen LogP) is 4.85. The Balaban J connectivity index is 1.51. The maximum absolute atomic E-state index is 12.8. The minimum absolute atomic E-state index is 0.205. The van der Waals surface area contributed by atoms with Gasteiger partial charge in [-0.25, -0.2) is 0 Å². The molecule has 0 spiro atoms. The molecule has 1 aromatic rings. The fraction of sp³-hybridized carbons (Fsp3) is 0.650. The maximum Gasteiger partial charge on any atom is 0.166 e. The number of carbonyl (C=O) groups is 1. The number of hydrogen-bond acceptors (Lipinski definition) is 1. The Labute approximate surface area is 128 Å². The van der Waals surface area contributed by atoms with Crippen molar-refractivity contribution in [1.29, 1.82) is 0 Å². The number of fused-ring (bicyclic) bond motifs is 5. The van der Waals surface area contributed by atoms with Gasteiger partial charge in [-0.3, -0.25) is 4.79 Å². The molecule has 1 aromatic carbocycles. The fourth-order valence-corrected chi connectivity index (χ4v) is 5.16.